The van der Waals surface area contributed by atoms with Gasteiger partial charge in [-0.3, -0.25) is 4.79 Å². The first-order valence-corrected chi connectivity index (χ1v) is 5.94. The van der Waals surface area contributed by atoms with Gasteiger partial charge in [0.15, 0.2) is 0 Å². The standard InChI is InChI=1S/C12H24O3/c1-10(11(2)13)8-6-4-3-5-7-9-12(14)15/h10-11,13H,3-9H2,1-2H3,(H,14,15). The fourth-order valence-corrected chi connectivity index (χ4v) is 1.51. The van der Waals surface area contributed by atoms with Gasteiger partial charge in [0.1, 0.15) is 0 Å². The Hall–Kier alpha value is -0.570. The first kappa shape index (κ1) is 14.4. The smallest absolute Gasteiger partial charge is 0.303 e. The van der Waals surface area contributed by atoms with E-state index in [1.54, 1.807) is 0 Å². The second-order valence-electron chi connectivity index (χ2n) is 4.42. The number of hydrogen-bond donors (Lipinski definition) is 2. The van der Waals surface area contributed by atoms with Gasteiger partial charge in [-0.2, -0.15) is 0 Å². The summed E-state index contributed by atoms with van der Waals surface area (Å²) < 4.78 is 0. The maximum absolute atomic E-state index is 10.2. The van der Waals surface area contributed by atoms with Crippen LogP contribution in [0.1, 0.15) is 58.8 Å². The molecule has 0 amide bonds. The third-order valence-electron chi connectivity index (χ3n) is 2.87. The fraction of sp³-hybridized carbons (Fsp3) is 0.917. The van der Waals surface area contributed by atoms with Crippen molar-refractivity contribution in [2.24, 2.45) is 5.92 Å². The second-order valence-corrected chi connectivity index (χ2v) is 4.42. The molecule has 2 atom stereocenters. The molecule has 2 N–H and O–H groups in total. The molecule has 3 heteroatoms. The molecule has 0 bridgehead atoms. The highest BCUT2D eigenvalue weighted by atomic mass is 16.4. The topological polar surface area (TPSA) is 57.5 Å². The number of carboxylic acids is 1. The van der Waals surface area contributed by atoms with Crippen LogP contribution in [0.25, 0.3) is 0 Å². The van der Waals surface area contributed by atoms with Gasteiger partial charge >= 0.3 is 5.97 Å². The molecule has 0 aromatic carbocycles. The van der Waals surface area contributed by atoms with Crippen LogP contribution in [-0.2, 0) is 4.79 Å². The quantitative estimate of drug-likeness (QED) is 0.583. The van der Waals surface area contributed by atoms with Crippen molar-refractivity contribution in [3.63, 3.8) is 0 Å². The molecule has 0 aliphatic rings. The Labute approximate surface area is 92.5 Å². The molecule has 0 saturated heterocycles. The van der Waals surface area contributed by atoms with Gasteiger partial charge in [-0.15, -0.1) is 0 Å². The first-order chi connectivity index (χ1) is 7.04. The highest BCUT2D eigenvalue weighted by Gasteiger charge is 2.07. The van der Waals surface area contributed by atoms with Gasteiger partial charge in [0, 0.05) is 6.42 Å². The van der Waals surface area contributed by atoms with Gasteiger partial charge in [-0.05, 0) is 25.7 Å². The number of aliphatic hydroxyl groups is 1. The van der Waals surface area contributed by atoms with Crippen molar-refractivity contribution in [2.45, 2.75) is 64.9 Å². The minimum absolute atomic E-state index is 0.211. The van der Waals surface area contributed by atoms with Crippen molar-refractivity contribution < 1.29 is 15.0 Å². The van der Waals surface area contributed by atoms with E-state index in [1.807, 2.05) is 6.92 Å². The van der Waals surface area contributed by atoms with Crippen molar-refractivity contribution >= 4 is 5.97 Å². The summed E-state index contributed by atoms with van der Waals surface area (Å²) in [5.41, 5.74) is 0. The predicted octanol–water partition coefficient (Wildman–Crippen LogP) is 2.82. The van der Waals surface area contributed by atoms with E-state index in [4.69, 9.17) is 5.11 Å². The van der Waals surface area contributed by atoms with Crippen molar-refractivity contribution in [2.75, 3.05) is 0 Å². The SMILES string of the molecule is CC(O)C(C)CCCCCCCC(=O)O. The van der Waals surface area contributed by atoms with Gasteiger partial charge in [-0.25, -0.2) is 0 Å². The van der Waals surface area contributed by atoms with E-state index in [9.17, 15) is 9.90 Å². The Bertz CT molecular complexity index is 166. The number of aliphatic hydroxyl groups excluding tert-OH is 1. The molecule has 0 radical (unpaired) electrons. The first-order valence-electron chi connectivity index (χ1n) is 5.94. The molecule has 0 rings (SSSR count). The minimum Gasteiger partial charge on any atom is -0.481 e. The van der Waals surface area contributed by atoms with Crippen molar-refractivity contribution in [3.8, 4) is 0 Å². The number of rotatable bonds is 9. The number of unbranched alkanes of at least 4 members (excludes halogenated alkanes) is 4. The summed E-state index contributed by atoms with van der Waals surface area (Å²) >= 11 is 0. The molecule has 0 fully saturated rings. The highest BCUT2D eigenvalue weighted by molar-refractivity contribution is 5.66. The third-order valence-corrected chi connectivity index (χ3v) is 2.87. The monoisotopic (exact) mass is 216 g/mol. The van der Waals surface area contributed by atoms with Crippen molar-refractivity contribution in [1.29, 1.82) is 0 Å². The van der Waals surface area contributed by atoms with Crippen LogP contribution in [0.5, 0.6) is 0 Å². The molecule has 3 nitrogen and oxygen atoms in total. The van der Waals surface area contributed by atoms with Crippen LogP contribution in [0.4, 0.5) is 0 Å². The molecule has 0 spiro atoms. The number of carbonyl (C=O) groups is 1. The zero-order valence-electron chi connectivity index (χ0n) is 9.91. The molecule has 0 saturated carbocycles. The number of carboxylic acid groups (broad SMARTS) is 1. The Kier molecular flexibility index (Phi) is 8.38. The lowest BCUT2D eigenvalue weighted by Crippen LogP contribution is -2.12. The lowest BCUT2D eigenvalue weighted by atomic mass is 9.98. The van der Waals surface area contributed by atoms with Gasteiger partial charge in [-0.1, -0.05) is 32.6 Å². The Morgan fingerprint density at radius 1 is 1.07 bits per heavy atom. The molecule has 0 aliphatic heterocycles. The van der Waals surface area contributed by atoms with Gasteiger partial charge in [0.25, 0.3) is 0 Å². The fourth-order valence-electron chi connectivity index (χ4n) is 1.51. The summed E-state index contributed by atoms with van der Waals surface area (Å²) in [7, 11) is 0. The van der Waals surface area contributed by atoms with E-state index in [1.165, 1.54) is 0 Å². The van der Waals surface area contributed by atoms with Crippen LogP contribution in [0, 0.1) is 5.92 Å². The van der Waals surface area contributed by atoms with Gasteiger partial charge < -0.3 is 10.2 Å². The summed E-state index contributed by atoms with van der Waals surface area (Å²) in [5.74, 6) is -0.318. The van der Waals surface area contributed by atoms with E-state index in [0.717, 1.165) is 38.5 Å². The molecular formula is C12H24O3. The molecule has 2 unspecified atom stereocenters. The minimum atomic E-state index is -0.697. The molecule has 0 aliphatic carbocycles. The Morgan fingerprint density at radius 2 is 1.60 bits per heavy atom. The summed E-state index contributed by atoms with van der Waals surface area (Å²) in [6.45, 7) is 3.90. The lowest BCUT2D eigenvalue weighted by Gasteiger charge is -2.13. The molecular weight excluding hydrogens is 192 g/mol. The summed E-state index contributed by atoms with van der Waals surface area (Å²) in [4.78, 5) is 10.2. The second kappa shape index (κ2) is 8.72. The van der Waals surface area contributed by atoms with Gasteiger partial charge in [0.2, 0.25) is 0 Å². The summed E-state index contributed by atoms with van der Waals surface area (Å²) in [6.07, 6.45) is 6.35. The van der Waals surface area contributed by atoms with E-state index in [0.29, 0.717) is 12.3 Å². The Morgan fingerprint density at radius 3 is 2.13 bits per heavy atom. The van der Waals surface area contributed by atoms with Crippen molar-refractivity contribution in [3.05, 3.63) is 0 Å². The summed E-state index contributed by atoms with van der Waals surface area (Å²) in [6, 6.07) is 0. The third kappa shape index (κ3) is 9.73. The highest BCUT2D eigenvalue weighted by Crippen LogP contribution is 2.14. The Balaban J connectivity index is 3.15. The van der Waals surface area contributed by atoms with E-state index < -0.39 is 5.97 Å². The van der Waals surface area contributed by atoms with E-state index in [2.05, 4.69) is 6.92 Å². The van der Waals surface area contributed by atoms with Crippen LogP contribution in [0.3, 0.4) is 0 Å². The largest absolute Gasteiger partial charge is 0.481 e. The molecule has 0 aromatic heterocycles. The number of aliphatic carboxylic acids is 1. The molecule has 15 heavy (non-hydrogen) atoms. The lowest BCUT2D eigenvalue weighted by molar-refractivity contribution is -0.137. The predicted molar refractivity (Wildman–Crippen MR) is 60.8 cm³/mol. The van der Waals surface area contributed by atoms with Crippen LogP contribution in [0.15, 0.2) is 0 Å². The normalized spacial score (nSPS) is 14.9. The average Bonchev–Trinajstić information content (AvgIpc) is 2.15. The average molecular weight is 216 g/mol. The molecule has 0 aromatic rings. The maximum Gasteiger partial charge on any atom is 0.303 e. The maximum atomic E-state index is 10.2. The van der Waals surface area contributed by atoms with Crippen molar-refractivity contribution in [1.82, 2.24) is 0 Å². The zero-order valence-corrected chi connectivity index (χ0v) is 9.91. The summed E-state index contributed by atoms with van der Waals surface area (Å²) in [5, 5.41) is 17.7. The molecule has 90 valence electrons. The van der Waals surface area contributed by atoms with Crippen LogP contribution < -0.4 is 0 Å². The van der Waals surface area contributed by atoms with E-state index in [-0.39, 0.29) is 6.10 Å². The van der Waals surface area contributed by atoms with Crippen LogP contribution >= 0.6 is 0 Å². The van der Waals surface area contributed by atoms with Crippen LogP contribution in [-0.4, -0.2) is 22.3 Å². The van der Waals surface area contributed by atoms with E-state index >= 15 is 0 Å². The van der Waals surface area contributed by atoms with Gasteiger partial charge in [0.05, 0.1) is 6.10 Å². The number of hydrogen-bond acceptors (Lipinski definition) is 2. The zero-order chi connectivity index (χ0) is 11.7. The van der Waals surface area contributed by atoms with Crippen LogP contribution in [0.2, 0.25) is 0 Å². The molecule has 0 heterocycles.